The molecular formula is C9H18O5. The molecule has 0 fully saturated rings. The first kappa shape index (κ1) is 13.4. The van der Waals surface area contributed by atoms with Gasteiger partial charge in [-0.15, -0.1) is 0 Å². The van der Waals surface area contributed by atoms with E-state index < -0.39 is 17.2 Å². The maximum absolute atomic E-state index is 10.6. The molecule has 0 saturated heterocycles. The first-order chi connectivity index (χ1) is 6.21. The van der Waals surface area contributed by atoms with Gasteiger partial charge in [0.15, 0.2) is 5.60 Å². The van der Waals surface area contributed by atoms with Gasteiger partial charge < -0.3 is 10.2 Å². The van der Waals surface area contributed by atoms with Crippen molar-refractivity contribution >= 4 is 5.97 Å². The lowest BCUT2D eigenvalue weighted by Crippen LogP contribution is -2.39. The summed E-state index contributed by atoms with van der Waals surface area (Å²) in [6, 6.07) is 0. The van der Waals surface area contributed by atoms with Crippen molar-refractivity contribution in [2.45, 2.75) is 45.3 Å². The SMILES string of the molecule is CC(C)(CCO)OOC(C)(C)C(=O)O. The molecule has 0 bridgehead atoms. The summed E-state index contributed by atoms with van der Waals surface area (Å²) in [6.07, 6.45) is 0.378. The van der Waals surface area contributed by atoms with Gasteiger partial charge in [0.2, 0.25) is 0 Å². The Bertz CT molecular complexity index is 197. The van der Waals surface area contributed by atoms with Crippen molar-refractivity contribution in [2.75, 3.05) is 6.61 Å². The summed E-state index contributed by atoms with van der Waals surface area (Å²) < 4.78 is 0. The maximum Gasteiger partial charge on any atom is 0.338 e. The molecule has 5 nitrogen and oxygen atoms in total. The van der Waals surface area contributed by atoms with Crippen molar-refractivity contribution in [1.82, 2.24) is 0 Å². The van der Waals surface area contributed by atoms with Crippen LogP contribution in [0.5, 0.6) is 0 Å². The molecule has 0 unspecified atom stereocenters. The topological polar surface area (TPSA) is 76.0 Å². The van der Waals surface area contributed by atoms with Crippen molar-refractivity contribution in [3.63, 3.8) is 0 Å². The van der Waals surface area contributed by atoms with Gasteiger partial charge in [0.05, 0.1) is 0 Å². The van der Waals surface area contributed by atoms with Gasteiger partial charge in [-0.25, -0.2) is 14.6 Å². The van der Waals surface area contributed by atoms with Gasteiger partial charge in [-0.1, -0.05) is 0 Å². The van der Waals surface area contributed by atoms with Gasteiger partial charge in [-0.05, 0) is 27.7 Å². The van der Waals surface area contributed by atoms with Crippen LogP contribution in [0, 0.1) is 0 Å². The zero-order valence-corrected chi connectivity index (χ0v) is 9.03. The van der Waals surface area contributed by atoms with Crippen LogP contribution in [0.2, 0.25) is 0 Å². The zero-order chi connectivity index (χ0) is 11.4. The average Bonchev–Trinajstić information content (AvgIpc) is 2.01. The van der Waals surface area contributed by atoms with Crippen molar-refractivity contribution < 1.29 is 24.8 Å². The minimum atomic E-state index is -1.38. The molecule has 0 radical (unpaired) electrons. The van der Waals surface area contributed by atoms with Gasteiger partial charge in [0.1, 0.15) is 5.60 Å². The summed E-state index contributed by atoms with van der Waals surface area (Å²) in [5, 5.41) is 17.4. The number of aliphatic hydroxyl groups excluding tert-OH is 1. The summed E-state index contributed by atoms with van der Waals surface area (Å²) >= 11 is 0. The van der Waals surface area contributed by atoms with Crippen molar-refractivity contribution in [1.29, 1.82) is 0 Å². The summed E-state index contributed by atoms with van der Waals surface area (Å²) in [5.74, 6) is -1.10. The molecule has 0 aliphatic carbocycles. The summed E-state index contributed by atoms with van der Waals surface area (Å²) in [5.41, 5.74) is -2.08. The van der Waals surface area contributed by atoms with Crippen LogP contribution >= 0.6 is 0 Å². The largest absolute Gasteiger partial charge is 0.479 e. The molecule has 2 N–H and O–H groups in total. The van der Waals surface area contributed by atoms with Crippen LogP contribution < -0.4 is 0 Å². The Hall–Kier alpha value is -0.650. The third kappa shape index (κ3) is 4.55. The van der Waals surface area contributed by atoms with Gasteiger partial charge in [0.25, 0.3) is 0 Å². The Balaban J connectivity index is 4.10. The average molecular weight is 206 g/mol. The molecule has 0 heterocycles. The minimum absolute atomic E-state index is 0.0378. The molecule has 5 heteroatoms. The van der Waals surface area contributed by atoms with E-state index in [-0.39, 0.29) is 6.61 Å². The molecule has 0 aliphatic heterocycles. The van der Waals surface area contributed by atoms with Gasteiger partial charge in [0, 0.05) is 13.0 Å². The molecule has 0 aromatic rings. The molecule has 0 amide bonds. The lowest BCUT2D eigenvalue weighted by atomic mass is 10.1. The third-order valence-corrected chi connectivity index (χ3v) is 1.70. The van der Waals surface area contributed by atoms with Crippen molar-refractivity contribution in [3.05, 3.63) is 0 Å². The number of aliphatic carboxylic acids is 1. The Morgan fingerprint density at radius 1 is 1.21 bits per heavy atom. The minimum Gasteiger partial charge on any atom is -0.479 e. The predicted octanol–water partition coefficient (Wildman–Crippen LogP) is 0.959. The van der Waals surface area contributed by atoms with Crippen LogP contribution in [-0.2, 0) is 14.6 Å². The highest BCUT2D eigenvalue weighted by Gasteiger charge is 2.32. The second-order valence-corrected chi connectivity index (χ2v) is 4.22. The van der Waals surface area contributed by atoms with E-state index in [9.17, 15) is 4.79 Å². The standard InChI is InChI=1S/C9H18O5/c1-8(2,5-6-10)13-14-9(3,4)7(11)12/h10H,5-6H2,1-4H3,(H,11,12). The van der Waals surface area contributed by atoms with Crippen LogP contribution in [0.15, 0.2) is 0 Å². The highest BCUT2D eigenvalue weighted by Crippen LogP contribution is 2.19. The van der Waals surface area contributed by atoms with Crippen LogP contribution in [-0.4, -0.2) is 34.0 Å². The molecule has 0 aromatic carbocycles. The highest BCUT2D eigenvalue weighted by atomic mass is 17.2. The predicted molar refractivity (Wildman–Crippen MR) is 49.7 cm³/mol. The molecular weight excluding hydrogens is 188 g/mol. The third-order valence-electron chi connectivity index (χ3n) is 1.70. The molecule has 0 saturated carbocycles. The van der Waals surface area contributed by atoms with Crippen LogP contribution in [0.3, 0.4) is 0 Å². The molecule has 0 aromatic heterocycles. The van der Waals surface area contributed by atoms with Crippen molar-refractivity contribution in [2.24, 2.45) is 0 Å². The number of hydrogen-bond donors (Lipinski definition) is 2. The number of hydrogen-bond acceptors (Lipinski definition) is 4. The van der Waals surface area contributed by atoms with E-state index in [0.29, 0.717) is 6.42 Å². The van der Waals surface area contributed by atoms with Crippen LogP contribution in [0.4, 0.5) is 0 Å². The van der Waals surface area contributed by atoms with E-state index >= 15 is 0 Å². The fourth-order valence-corrected chi connectivity index (χ4v) is 0.564. The van der Waals surface area contributed by atoms with E-state index in [1.165, 1.54) is 13.8 Å². The lowest BCUT2D eigenvalue weighted by molar-refractivity contribution is -0.394. The zero-order valence-electron chi connectivity index (χ0n) is 9.03. The fraction of sp³-hybridized carbons (Fsp3) is 0.889. The van der Waals surface area contributed by atoms with Gasteiger partial charge >= 0.3 is 5.97 Å². The highest BCUT2D eigenvalue weighted by molar-refractivity contribution is 5.76. The molecule has 0 aliphatic rings. The number of aliphatic hydroxyl groups is 1. The van der Waals surface area contributed by atoms with Gasteiger partial charge in [-0.3, -0.25) is 0 Å². The summed E-state index contributed by atoms with van der Waals surface area (Å²) in [4.78, 5) is 20.4. The fourth-order valence-electron chi connectivity index (χ4n) is 0.564. The molecule has 0 spiro atoms. The van der Waals surface area contributed by atoms with E-state index in [0.717, 1.165) is 0 Å². The molecule has 0 rings (SSSR count). The van der Waals surface area contributed by atoms with E-state index in [1.54, 1.807) is 13.8 Å². The second kappa shape index (κ2) is 4.72. The van der Waals surface area contributed by atoms with Crippen LogP contribution in [0.25, 0.3) is 0 Å². The van der Waals surface area contributed by atoms with Crippen LogP contribution in [0.1, 0.15) is 34.1 Å². The Morgan fingerprint density at radius 3 is 2.07 bits per heavy atom. The monoisotopic (exact) mass is 206 g/mol. The smallest absolute Gasteiger partial charge is 0.338 e. The van der Waals surface area contributed by atoms with Crippen molar-refractivity contribution in [3.8, 4) is 0 Å². The molecule has 14 heavy (non-hydrogen) atoms. The molecule has 0 atom stereocenters. The lowest BCUT2D eigenvalue weighted by Gasteiger charge is -2.27. The Kier molecular flexibility index (Phi) is 4.51. The van der Waals surface area contributed by atoms with Gasteiger partial charge in [-0.2, -0.15) is 0 Å². The van der Waals surface area contributed by atoms with E-state index in [4.69, 9.17) is 20.0 Å². The number of carboxylic acids is 1. The van der Waals surface area contributed by atoms with E-state index in [2.05, 4.69) is 0 Å². The maximum atomic E-state index is 10.6. The molecule has 84 valence electrons. The number of rotatable bonds is 6. The quantitative estimate of drug-likeness (QED) is 0.500. The first-order valence-corrected chi connectivity index (χ1v) is 4.42. The Labute approximate surface area is 83.6 Å². The first-order valence-electron chi connectivity index (χ1n) is 4.42. The number of carbonyl (C=O) groups is 1. The summed E-state index contributed by atoms with van der Waals surface area (Å²) in [7, 11) is 0. The summed E-state index contributed by atoms with van der Waals surface area (Å²) in [6.45, 7) is 6.17. The number of carboxylic acid groups (broad SMARTS) is 1. The normalized spacial score (nSPS) is 12.9. The Morgan fingerprint density at radius 2 is 1.71 bits per heavy atom. The second-order valence-electron chi connectivity index (χ2n) is 4.22. The van der Waals surface area contributed by atoms with E-state index in [1.807, 2.05) is 0 Å².